The van der Waals surface area contributed by atoms with Crippen molar-refractivity contribution in [2.75, 3.05) is 33.2 Å². The van der Waals surface area contributed by atoms with E-state index in [1.807, 2.05) is 0 Å². The molecule has 0 aromatic heterocycles. The highest BCUT2D eigenvalue weighted by molar-refractivity contribution is 4.83. The minimum Gasteiger partial charge on any atom is -0.371 e. The maximum atomic E-state index is 6.01. The smallest absolute Gasteiger partial charge is 0.0832 e. The monoisotopic (exact) mass is 198 g/mol. The van der Waals surface area contributed by atoms with Gasteiger partial charge in [0.2, 0.25) is 0 Å². The van der Waals surface area contributed by atoms with Gasteiger partial charge in [-0.1, -0.05) is 0 Å². The second kappa shape index (κ2) is 4.17. The lowest BCUT2D eigenvalue weighted by Gasteiger charge is -2.37. The summed E-state index contributed by atoms with van der Waals surface area (Å²) in [7, 11) is 2.15. The zero-order valence-corrected chi connectivity index (χ0v) is 9.57. The van der Waals surface area contributed by atoms with Crippen LogP contribution in [0.4, 0.5) is 0 Å². The predicted molar refractivity (Wildman–Crippen MR) is 57.5 cm³/mol. The lowest BCUT2D eigenvalue weighted by atomic mass is 10.2. The molecule has 3 nitrogen and oxygen atoms in total. The molecule has 0 aromatic carbocycles. The van der Waals surface area contributed by atoms with Crippen molar-refractivity contribution >= 4 is 0 Å². The van der Waals surface area contributed by atoms with Crippen molar-refractivity contribution in [2.24, 2.45) is 0 Å². The largest absolute Gasteiger partial charge is 0.371 e. The molecule has 0 radical (unpaired) electrons. The lowest BCUT2D eigenvalue weighted by Crippen LogP contribution is -2.51. The van der Waals surface area contributed by atoms with Crippen molar-refractivity contribution in [3.05, 3.63) is 0 Å². The minimum atomic E-state index is 0.496. The number of ether oxygens (including phenoxy) is 1. The molecule has 0 aliphatic carbocycles. The van der Waals surface area contributed by atoms with E-state index >= 15 is 0 Å². The van der Waals surface area contributed by atoms with Gasteiger partial charge >= 0.3 is 0 Å². The van der Waals surface area contributed by atoms with Crippen molar-refractivity contribution < 1.29 is 4.74 Å². The third kappa shape index (κ3) is 2.27. The summed E-state index contributed by atoms with van der Waals surface area (Å²) in [6.45, 7) is 9.12. The topological polar surface area (TPSA) is 15.7 Å². The van der Waals surface area contributed by atoms with Crippen LogP contribution in [0.3, 0.4) is 0 Å². The van der Waals surface area contributed by atoms with E-state index in [-0.39, 0.29) is 0 Å². The molecule has 2 saturated heterocycles. The van der Waals surface area contributed by atoms with Crippen LogP contribution in [0.1, 0.15) is 20.3 Å². The molecule has 2 heterocycles. The van der Waals surface area contributed by atoms with Crippen molar-refractivity contribution in [1.29, 1.82) is 0 Å². The van der Waals surface area contributed by atoms with Crippen molar-refractivity contribution in [3.63, 3.8) is 0 Å². The van der Waals surface area contributed by atoms with Crippen molar-refractivity contribution in [2.45, 2.75) is 38.5 Å². The molecule has 14 heavy (non-hydrogen) atoms. The number of nitrogens with zero attached hydrogens (tertiary/aromatic N) is 2. The summed E-state index contributed by atoms with van der Waals surface area (Å²) in [5.74, 6) is 0. The minimum absolute atomic E-state index is 0.496. The van der Waals surface area contributed by atoms with Crippen LogP contribution in [0, 0.1) is 0 Å². The predicted octanol–water partition coefficient (Wildman–Crippen LogP) is 0.800. The van der Waals surface area contributed by atoms with E-state index in [0.29, 0.717) is 18.2 Å². The van der Waals surface area contributed by atoms with Gasteiger partial charge < -0.3 is 9.64 Å². The Morgan fingerprint density at radius 2 is 1.86 bits per heavy atom. The van der Waals surface area contributed by atoms with Crippen LogP contribution in [0.25, 0.3) is 0 Å². The Balaban J connectivity index is 1.69. The number of likely N-dealkylation sites (N-methyl/N-ethyl adjacent to an activating group) is 1. The van der Waals surface area contributed by atoms with E-state index in [1.165, 1.54) is 13.0 Å². The maximum Gasteiger partial charge on any atom is 0.0832 e. The highest BCUT2D eigenvalue weighted by Crippen LogP contribution is 2.19. The fourth-order valence-electron chi connectivity index (χ4n) is 2.33. The maximum absolute atomic E-state index is 6.01. The van der Waals surface area contributed by atoms with Gasteiger partial charge in [-0.3, -0.25) is 4.90 Å². The summed E-state index contributed by atoms with van der Waals surface area (Å²) in [4.78, 5) is 4.81. The third-order valence-electron chi connectivity index (χ3n) is 3.32. The van der Waals surface area contributed by atoms with Crippen LogP contribution in [-0.4, -0.2) is 61.3 Å². The van der Waals surface area contributed by atoms with Gasteiger partial charge in [0.15, 0.2) is 0 Å². The van der Waals surface area contributed by atoms with Crippen LogP contribution in [-0.2, 0) is 4.74 Å². The first-order valence-corrected chi connectivity index (χ1v) is 5.73. The Kier molecular flexibility index (Phi) is 3.10. The molecule has 0 saturated carbocycles. The van der Waals surface area contributed by atoms with Gasteiger partial charge in [-0.2, -0.15) is 0 Å². The zero-order chi connectivity index (χ0) is 10.1. The summed E-state index contributed by atoms with van der Waals surface area (Å²) < 4.78 is 6.01. The van der Waals surface area contributed by atoms with E-state index in [0.717, 1.165) is 19.6 Å². The van der Waals surface area contributed by atoms with Crippen LogP contribution in [0.2, 0.25) is 0 Å². The molecule has 2 rings (SSSR count). The van der Waals surface area contributed by atoms with Crippen molar-refractivity contribution in [1.82, 2.24) is 9.80 Å². The number of rotatable bonds is 3. The molecule has 0 amide bonds. The van der Waals surface area contributed by atoms with Crippen molar-refractivity contribution in [3.8, 4) is 0 Å². The Bertz CT molecular complexity index is 190. The Labute approximate surface area is 87.0 Å². The molecule has 0 N–H and O–H groups in total. The van der Waals surface area contributed by atoms with Gasteiger partial charge in [0, 0.05) is 32.2 Å². The average Bonchev–Trinajstić information content (AvgIpc) is 2.50. The van der Waals surface area contributed by atoms with Gasteiger partial charge in [-0.15, -0.1) is 0 Å². The second-order valence-electron chi connectivity index (χ2n) is 4.98. The molecule has 2 aliphatic heterocycles. The van der Waals surface area contributed by atoms with E-state index in [9.17, 15) is 0 Å². The first-order valence-electron chi connectivity index (χ1n) is 5.73. The number of likely N-dealkylation sites (tertiary alicyclic amines) is 2. The lowest BCUT2D eigenvalue weighted by molar-refractivity contribution is -0.0799. The van der Waals surface area contributed by atoms with Crippen LogP contribution in [0.15, 0.2) is 0 Å². The third-order valence-corrected chi connectivity index (χ3v) is 3.32. The molecule has 3 heteroatoms. The standard InChI is InChI=1S/C11H22N2O/c1-9(2)13-5-4-10(8-13)14-11-6-12(3)7-11/h9-11H,4-8H2,1-3H3. The molecule has 2 fully saturated rings. The summed E-state index contributed by atoms with van der Waals surface area (Å²) in [6.07, 6.45) is 2.23. The Morgan fingerprint density at radius 1 is 1.14 bits per heavy atom. The molecular weight excluding hydrogens is 176 g/mol. The highest BCUT2D eigenvalue weighted by atomic mass is 16.5. The van der Waals surface area contributed by atoms with Gasteiger partial charge in [-0.25, -0.2) is 0 Å². The summed E-state index contributed by atoms with van der Waals surface area (Å²) in [5.41, 5.74) is 0. The van der Waals surface area contributed by atoms with E-state index in [4.69, 9.17) is 4.74 Å². The van der Waals surface area contributed by atoms with Gasteiger partial charge in [-0.05, 0) is 27.3 Å². The molecule has 1 unspecified atom stereocenters. The summed E-state index contributed by atoms with van der Waals surface area (Å²) in [6, 6.07) is 0.674. The normalized spacial score (nSPS) is 31.3. The second-order valence-corrected chi connectivity index (χ2v) is 4.98. The fraction of sp³-hybridized carbons (Fsp3) is 1.00. The summed E-state index contributed by atoms with van der Waals surface area (Å²) in [5, 5.41) is 0. The number of hydrogen-bond acceptors (Lipinski definition) is 3. The quantitative estimate of drug-likeness (QED) is 0.667. The van der Waals surface area contributed by atoms with E-state index < -0.39 is 0 Å². The molecule has 82 valence electrons. The van der Waals surface area contributed by atoms with Crippen LogP contribution < -0.4 is 0 Å². The molecule has 2 aliphatic rings. The first kappa shape index (κ1) is 10.4. The zero-order valence-electron chi connectivity index (χ0n) is 9.57. The average molecular weight is 198 g/mol. The number of hydrogen-bond donors (Lipinski definition) is 0. The molecule has 0 aromatic rings. The van der Waals surface area contributed by atoms with Gasteiger partial charge in [0.05, 0.1) is 12.2 Å². The van der Waals surface area contributed by atoms with Gasteiger partial charge in [0.25, 0.3) is 0 Å². The van der Waals surface area contributed by atoms with E-state index in [1.54, 1.807) is 0 Å². The fourth-order valence-corrected chi connectivity index (χ4v) is 2.33. The molecule has 1 atom stereocenters. The molecule has 0 spiro atoms. The molecular formula is C11H22N2O. The van der Waals surface area contributed by atoms with Crippen LogP contribution in [0.5, 0.6) is 0 Å². The Morgan fingerprint density at radius 3 is 2.36 bits per heavy atom. The summed E-state index contributed by atoms with van der Waals surface area (Å²) >= 11 is 0. The van der Waals surface area contributed by atoms with Gasteiger partial charge in [0.1, 0.15) is 0 Å². The first-order chi connectivity index (χ1) is 6.65. The molecule has 0 bridgehead atoms. The Hall–Kier alpha value is -0.120. The van der Waals surface area contributed by atoms with E-state index in [2.05, 4.69) is 30.7 Å². The van der Waals surface area contributed by atoms with Crippen LogP contribution >= 0.6 is 0 Å². The SMILES string of the molecule is CC(C)N1CCC(OC2CN(C)C2)C1. The highest BCUT2D eigenvalue weighted by Gasteiger charge is 2.31.